The molecule has 0 fully saturated rings. The van der Waals surface area contributed by atoms with Gasteiger partial charge in [0.15, 0.2) is 12.1 Å². The molecule has 0 aliphatic heterocycles. The first kappa shape index (κ1) is 15.8. The van der Waals surface area contributed by atoms with Crippen LogP contribution in [-0.2, 0) is 11.2 Å². The summed E-state index contributed by atoms with van der Waals surface area (Å²) in [4.78, 5) is 15.1. The van der Waals surface area contributed by atoms with Gasteiger partial charge in [0.2, 0.25) is 0 Å². The van der Waals surface area contributed by atoms with Crippen LogP contribution in [0.4, 0.5) is 4.39 Å². The summed E-state index contributed by atoms with van der Waals surface area (Å²) in [5.41, 5.74) is 1.08. The van der Waals surface area contributed by atoms with Crippen LogP contribution < -0.4 is 0 Å². The number of furan rings is 1. The first-order chi connectivity index (χ1) is 11.7. The number of benzene rings is 1. The lowest BCUT2D eigenvalue weighted by Gasteiger charge is -2.02. The van der Waals surface area contributed by atoms with E-state index in [4.69, 9.17) is 4.42 Å². The first-order valence-corrected chi connectivity index (χ1v) is 7.19. The van der Waals surface area contributed by atoms with Gasteiger partial charge < -0.3 is 9.52 Å². The summed E-state index contributed by atoms with van der Waals surface area (Å²) in [6.07, 6.45) is 2.56. The quantitative estimate of drug-likeness (QED) is 0.536. The Bertz CT molecular complexity index is 838. The van der Waals surface area contributed by atoms with Gasteiger partial charge in [0.05, 0.1) is 5.57 Å². The fourth-order valence-electron chi connectivity index (χ4n) is 2.22. The zero-order valence-corrected chi connectivity index (χ0v) is 12.5. The SMILES string of the molecule is O=C/C(=C\C(O)c1ncn[nH]1)c1ccc(Cc2ccc(F)cc2)o1. The number of allylic oxidation sites excluding steroid dienone is 1. The Hall–Kier alpha value is -3.06. The van der Waals surface area contributed by atoms with E-state index < -0.39 is 6.10 Å². The van der Waals surface area contributed by atoms with Gasteiger partial charge in [-0.05, 0) is 35.9 Å². The van der Waals surface area contributed by atoms with Gasteiger partial charge in [0, 0.05) is 6.42 Å². The van der Waals surface area contributed by atoms with Crippen LogP contribution in [0.2, 0.25) is 0 Å². The Balaban J connectivity index is 1.77. The summed E-state index contributed by atoms with van der Waals surface area (Å²) >= 11 is 0. The van der Waals surface area contributed by atoms with Crippen molar-refractivity contribution in [2.75, 3.05) is 0 Å². The number of carbonyl (C=O) groups is 1. The molecule has 7 heteroatoms. The standard InChI is InChI=1S/C17H14FN3O3/c18-13-3-1-11(2-4-13)7-14-5-6-16(24-14)12(9-22)8-15(23)17-19-10-20-21-17/h1-6,8-10,15,23H,7H2,(H,19,20,21)/b12-8+. The molecule has 0 spiro atoms. The van der Waals surface area contributed by atoms with E-state index in [1.165, 1.54) is 24.5 Å². The second-order valence-electron chi connectivity index (χ2n) is 5.12. The molecule has 0 aliphatic rings. The van der Waals surface area contributed by atoms with E-state index in [2.05, 4.69) is 15.2 Å². The molecular formula is C17H14FN3O3. The average molecular weight is 327 g/mol. The Labute approximate surface area is 136 Å². The monoisotopic (exact) mass is 327 g/mol. The van der Waals surface area contributed by atoms with Gasteiger partial charge in [-0.25, -0.2) is 9.37 Å². The normalized spacial score (nSPS) is 13.0. The van der Waals surface area contributed by atoms with Gasteiger partial charge >= 0.3 is 0 Å². The van der Waals surface area contributed by atoms with Gasteiger partial charge in [-0.15, -0.1) is 0 Å². The highest BCUT2D eigenvalue weighted by Gasteiger charge is 2.13. The highest BCUT2D eigenvalue weighted by atomic mass is 19.1. The molecule has 2 aromatic heterocycles. The largest absolute Gasteiger partial charge is 0.461 e. The van der Waals surface area contributed by atoms with Crippen molar-refractivity contribution < 1.29 is 18.7 Å². The molecular weight excluding hydrogens is 313 g/mol. The minimum absolute atomic E-state index is 0.198. The molecule has 1 aromatic carbocycles. The lowest BCUT2D eigenvalue weighted by molar-refractivity contribution is -0.103. The number of aliphatic hydroxyl groups is 1. The minimum Gasteiger partial charge on any atom is -0.461 e. The molecule has 0 aliphatic carbocycles. The van der Waals surface area contributed by atoms with Crippen molar-refractivity contribution in [2.24, 2.45) is 0 Å². The molecule has 0 amide bonds. The maximum Gasteiger partial charge on any atom is 0.157 e. The van der Waals surface area contributed by atoms with Gasteiger partial charge in [-0.1, -0.05) is 12.1 Å². The predicted molar refractivity (Wildman–Crippen MR) is 83.3 cm³/mol. The van der Waals surface area contributed by atoms with Crippen LogP contribution in [0.5, 0.6) is 0 Å². The number of halogens is 1. The summed E-state index contributed by atoms with van der Waals surface area (Å²) < 4.78 is 18.6. The van der Waals surface area contributed by atoms with Crippen LogP contribution in [0.1, 0.15) is 29.0 Å². The number of rotatable bonds is 6. The molecule has 2 N–H and O–H groups in total. The van der Waals surface area contributed by atoms with Crippen LogP contribution in [0.25, 0.3) is 5.57 Å². The molecule has 3 rings (SSSR count). The first-order valence-electron chi connectivity index (χ1n) is 7.19. The van der Waals surface area contributed by atoms with Crippen LogP contribution in [0.15, 0.2) is 53.2 Å². The molecule has 24 heavy (non-hydrogen) atoms. The van der Waals surface area contributed by atoms with E-state index in [9.17, 15) is 14.3 Å². The third-order valence-corrected chi connectivity index (χ3v) is 3.42. The molecule has 6 nitrogen and oxygen atoms in total. The zero-order chi connectivity index (χ0) is 16.9. The highest BCUT2D eigenvalue weighted by molar-refractivity contribution is 6.05. The van der Waals surface area contributed by atoms with Gasteiger partial charge in [0.1, 0.15) is 29.8 Å². The number of hydrogen-bond acceptors (Lipinski definition) is 5. The Morgan fingerprint density at radius 2 is 2.08 bits per heavy atom. The summed E-state index contributed by atoms with van der Waals surface area (Å²) in [6.45, 7) is 0. The zero-order valence-electron chi connectivity index (χ0n) is 12.5. The summed E-state index contributed by atoms with van der Waals surface area (Å²) in [7, 11) is 0. The van der Waals surface area contributed by atoms with Crippen LogP contribution >= 0.6 is 0 Å². The van der Waals surface area contributed by atoms with Crippen molar-refractivity contribution in [2.45, 2.75) is 12.5 Å². The third kappa shape index (κ3) is 3.64. The van der Waals surface area contributed by atoms with Crippen molar-refractivity contribution in [3.63, 3.8) is 0 Å². The summed E-state index contributed by atoms with van der Waals surface area (Å²) in [6, 6.07) is 9.47. The van der Waals surface area contributed by atoms with E-state index in [0.29, 0.717) is 24.2 Å². The van der Waals surface area contributed by atoms with Crippen LogP contribution in [-0.4, -0.2) is 26.6 Å². The average Bonchev–Trinajstić information content (AvgIpc) is 3.26. The van der Waals surface area contributed by atoms with E-state index in [1.54, 1.807) is 24.3 Å². The summed E-state index contributed by atoms with van der Waals surface area (Å²) in [5, 5.41) is 16.2. The summed E-state index contributed by atoms with van der Waals surface area (Å²) in [5.74, 6) is 0.887. The molecule has 0 bridgehead atoms. The number of carbonyl (C=O) groups excluding carboxylic acids is 1. The van der Waals surface area contributed by atoms with Crippen molar-refractivity contribution >= 4 is 11.9 Å². The molecule has 0 radical (unpaired) electrons. The number of aldehydes is 1. The number of nitrogens with zero attached hydrogens (tertiary/aromatic N) is 2. The topological polar surface area (TPSA) is 92.0 Å². The lowest BCUT2D eigenvalue weighted by atomic mass is 10.1. The van der Waals surface area contributed by atoms with E-state index in [0.717, 1.165) is 5.56 Å². The Morgan fingerprint density at radius 1 is 1.29 bits per heavy atom. The molecule has 0 saturated carbocycles. The minimum atomic E-state index is -1.10. The van der Waals surface area contributed by atoms with Crippen molar-refractivity contribution in [3.05, 3.63) is 77.5 Å². The number of aromatic nitrogens is 3. The van der Waals surface area contributed by atoms with Crippen molar-refractivity contribution in [3.8, 4) is 0 Å². The number of aliphatic hydroxyl groups excluding tert-OH is 1. The molecule has 3 aromatic rings. The molecule has 1 atom stereocenters. The number of hydrogen-bond donors (Lipinski definition) is 2. The van der Waals surface area contributed by atoms with Gasteiger partial charge in [-0.3, -0.25) is 9.89 Å². The highest BCUT2D eigenvalue weighted by Crippen LogP contribution is 2.22. The lowest BCUT2D eigenvalue weighted by Crippen LogP contribution is -1.98. The van der Waals surface area contributed by atoms with Crippen molar-refractivity contribution in [1.82, 2.24) is 15.2 Å². The van der Waals surface area contributed by atoms with Crippen molar-refractivity contribution in [1.29, 1.82) is 0 Å². The molecule has 2 heterocycles. The third-order valence-electron chi connectivity index (χ3n) is 3.42. The Morgan fingerprint density at radius 3 is 2.75 bits per heavy atom. The fourth-order valence-corrected chi connectivity index (χ4v) is 2.22. The van der Waals surface area contributed by atoms with Crippen LogP contribution in [0.3, 0.4) is 0 Å². The Kier molecular flexibility index (Phi) is 4.62. The van der Waals surface area contributed by atoms with Crippen LogP contribution in [0, 0.1) is 5.82 Å². The number of H-pyrrole nitrogens is 1. The fraction of sp³-hybridized carbons (Fsp3) is 0.118. The van der Waals surface area contributed by atoms with E-state index >= 15 is 0 Å². The van der Waals surface area contributed by atoms with Gasteiger partial charge in [-0.2, -0.15) is 5.10 Å². The molecule has 0 saturated heterocycles. The molecule has 122 valence electrons. The van der Waals surface area contributed by atoms with E-state index in [1.807, 2.05) is 0 Å². The number of nitrogens with one attached hydrogen (secondary N) is 1. The number of aromatic amines is 1. The predicted octanol–water partition coefficient (Wildman–Crippen LogP) is 2.44. The molecule has 1 unspecified atom stereocenters. The second-order valence-corrected chi connectivity index (χ2v) is 5.12. The smallest absolute Gasteiger partial charge is 0.157 e. The van der Waals surface area contributed by atoms with E-state index in [-0.39, 0.29) is 17.2 Å². The second kappa shape index (κ2) is 7.01. The maximum atomic E-state index is 12.9. The maximum absolute atomic E-state index is 12.9. The van der Waals surface area contributed by atoms with Gasteiger partial charge in [0.25, 0.3) is 0 Å².